The number of carbonyl (C=O) groups is 1. The summed E-state index contributed by atoms with van der Waals surface area (Å²) in [6.45, 7) is -0.248. The summed E-state index contributed by atoms with van der Waals surface area (Å²) < 4.78 is 35.9. The summed E-state index contributed by atoms with van der Waals surface area (Å²) in [5.74, 6) is -1.89. The Morgan fingerprint density at radius 2 is 2.17 bits per heavy atom. The van der Waals surface area contributed by atoms with Gasteiger partial charge in [0.15, 0.2) is 11.0 Å². The number of halogens is 2. The first-order valence-corrected chi connectivity index (χ1v) is 6.77. The van der Waals surface area contributed by atoms with Gasteiger partial charge in [0.25, 0.3) is 0 Å². The smallest absolute Gasteiger partial charge is 0.229 e. The minimum atomic E-state index is -3.86. The van der Waals surface area contributed by atoms with Crippen molar-refractivity contribution in [2.24, 2.45) is 5.14 Å². The van der Waals surface area contributed by atoms with Crippen LogP contribution in [0.1, 0.15) is 6.42 Å². The van der Waals surface area contributed by atoms with Gasteiger partial charge >= 0.3 is 0 Å². The van der Waals surface area contributed by atoms with E-state index in [-0.39, 0.29) is 18.8 Å². The fraction of sp³-hybridized carbons (Fsp3) is 0.375. The normalized spacial score (nSPS) is 20.5. The largest absolute Gasteiger partial charge is 0.293 e. The van der Waals surface area contributed by atoms with Crippen molar-refractivity contribution >= 4 is 33.3 Å². The molecule has 1 aromatic rings. The molecule has 18 heavy (non-hydrogen) atoms. The molecule has 0 aromatic carbocycles. The molecular formula is C8H8ClFN4O3S. The number of nitrogens with two attached hydrogens (primary N) is 1. The van der Waals surface area contributed by atoms with Gasteiger partial charge in [-0.05, 0) is 0 Å². The third kappa shape index (κ3) is 2.28. The lowest BCUT2D eigenvalue weighted by atomic mass is 10.4. The number of hydrogen-bond donors (Lipinski definition) is 1. The first-order valence-electron chi connectivity index (χ1n) is 4.78. The zero-order chi connectivity index (χ0) is 13.5. The van der Waals surface area contributed by atoms with Crippen molar-refractivity contribution in [3.63, 3.8) is 0 Å². The number of anilines is 1. The van der Waals surface area contributed by atoms with Crippen LogP contribution in [0.2, 0.25) is 5.15 Å². The van der Waals surface area contributed by atoms with Crippen LogP contribution in [0.5, 0.6) is 0 Å². The van der Waals surface area contributed by atoms with E-state index in [1.165, 1.54) is 0 Å². The van der Waals surface area contributed by atoms with Crippen molar-refractivity contribution in [3.8, 4) is 0 Å². The summed E-state index contributed by atoms with van der Waals surface area (Å²) >= 11 is 5.46. The second-order valence-corrected chi connectivity index (χ2v) is 5.92. The Bertz CT molecular complexity index is 608. The lowest BCUT2D eigenvalue weighted by molar-refractivity contribution is -0.117. The molecule has 2 heterocycles. The minimum absolute atomic E-state index is 0.248. The predicted molar refractivity (Wildman–Crippen MR) is 60.9 cm³/mol. The average molecular weight is 295 g/mol. The van der Waals surface area contributed by atoms with Gasteiger partial charge in [-0.3, -0.25) is 9.69 Å². The summed E-state index contributed by atoms with van der Waals surface area (Å²) in [6, 6.07) is 0. The Hall–Kier alpha value is -1.32. The van der Waals surface area contributed by atoms with Crippen LogP contribution in [0.25, 0.3) is 0 Å². The SMILES string of the molecule is NS(=O)(=O)C1CC(=O)N(c2ncnc(Cl)c2F)C1. The highest BCUT2D eigenvalue weighted by Crippen LogP contribution is 2.26. The molecule has 10 heteroatoms. The van der Waals surface area contributed by atoms with E-state index in [4.69, 9.17) is 16.7 Å². The fourth-order valence-corrected chi connectivity index (χ4v) is 2.49. The van der Waals surface area contributed by atoms with E-state index in [1.807, 2.05) is 0 Å². The van der Waals surface area contributed by atoms with Crippen LogP contribution in [0, 0.1) is 5.82 Å². The number of carbonyl (C=O) groups excluding carboxylic acids is 1. The molecule has 0 saturated carbocycles. The molecule has 98 valence electrons. The van der Waals surface area contributed by atoms with E-state index in [9.17, 15) is 17.6 Å². The monoisotopic (exact) mass is 294 g/mol. The Morgan fingerprint density at radius 1 is 1.50 bits per heavy atom. The van der Waals surface area contributed by atoms with Crippen molar-refractivity contribution in [3.05, 3.63) is 17.3 Å². The van der Waals surface area contributed by atoms with Crippen LogP contribution in [0.4, 0.5) is 10.2 Å². The number of primary sulfonamides is 1. The second-order valence-electron chi connectivity index (χ2n) is 3.72. The van der Waals surface area contributed by atoms with Gasteiger partial charge in [0.05, 0.1) is 0 Å². The number of hydrogen-bond acceptors (Lipinski definition) is 5. The van der Waals surface area contributed by atoms with Gasteiger partial charge in [-0.1, -0.05) is 11.6 Å². The van der Waals surface area contributed by atoms with Gasteiger partial charge in [-0.15, -0.1) is 0 Å². The molecular weight excluding hydrogens is 287 g/mol. The van der Waals surface area contributed by atoms with Crippen molar-refractivity contribution in [2.75, 3.05) is 11.4 Å². The summed E-state index contributed by atoms with van der Waals surface area (Å²) in [4.78, 5) is 19.5. The van der Waals surface area contributed by atoms with Crippen molar-refractivity contribution in [1.82, 2.24) is 9.97 Å². The summed E-state index contributed by atoms with van der Waals surface area (Å²) in [5.41, 5.74) is 0. The number of sulfonamides is 1. The topological polar surface area (TPSA) is 106 Å². The van der Waals surface area contributed by atoms with E-state index >= 15 is 0 Å². The highest BCUT2D eigenvalue weighted by molar-refractivity contribution is 7.89. The van der Waals surface area contributed by atoms with Gasteiger partial charge in [-0.25, -0.2) is 23.5 Å². The van der Waals surface area contributed by atoms with Crippen LogP contribution in [-0.4, -0.2) is 36.1 Å². The molecule has 1 unspecified atom stereocenters. The van der Waals surface area contributed by atoms with E-state index < -0.39 is 32.2 Å². The molecule has 1 aliphatic rings. The Labute approximate surface area is 107 Å². The molecule has 0 bridgehead atoms. The maximum absolute atomic E-state index is 13.6. The standard InChI is InChI=1S/C8H8ClFN4O3S/c9-7-6(10)8(13-3-12-7)14-2-4(1-5(14)15)18(11,16)17/h3-4H,1-2H2,(H2,11,16,17). The third-order valence-electron chi connectivity index (χ3n) is 2.54. The molecule has 2 rings (SSSR count). The highest BCUT2D eigenvalue weighted by atomic mass is 35.5. The molecule has 0 radical (unpaired) electrons. The van der Waals surface area contributed by atoms with Gasteiger partial charge < -0.3 is 0 Å². The Balaban J connectivity index is 2.36. The molecule has 1 amide bonds. The number of nitrogens with zero attached hydrogens (tertiary/aromatic N) is 3. The molecule has 1 fully saturated rings. The summed E-state index contributed by atoms with van der Waals surface area (Å²) in [6.07, 6.45) is 0.679. The van der Waals surface area contributed by atoms with Gasteiger partial charge in [0, 0.05) is 13.0 Å². The molecule has 1 aliphatic heterocycles. The van der Waals surface area contributed by atoms with E-state index in [1.54, 1.807) is 0 Å². The van der Waals surface area contributed by atoms with Crippen LogP contribution >= 0.6 is 11.6 Å². The first-order chi connectivity index (χ1) is 8.30. The highest BCUT2D eigenvalue weighted by Gasteiger charge is 2.39. The lowest BCUT2D eigenvalue weighted by Crippen LogP contribution is -2.32. The van der Waals surface area contributed by atoms with Crippen molar-refractivity contribution in [2.45, 2.75) is 11.7 Å². The van der Waals surface area contributed by atoms with Crippen LogP contribution in [-0.2, 0) is 14.8 Å². The molecule has 0 aliphatic carbocycles. The van der Waals surface area contributed by atoms with Gasteiger partial charge in [0.1, 0.15) is 11.6 Å². The maximum atomic E-state index is 13.6. The zero-order valence-electron chi connectivity index (χ0n) is 8.88. The Kier molecular flexibility index (Phi) is 3.21. The number of aromatic nitrogens is 2. The van der Waals surface area contributed by atoms with Gasteiger partial charge in [-0.2, -0.15) is 4.39 Å². The number of rotatable bonds is 2. The molecule has 7 nitrogen and oxygen atoms in total. The first kappa shape index (κ1) is 13.1. The quantitative estimate of drug-likeness (QED) is 0.751. The fourth-order valence-electron chi connectivity index (χ4n) is 1.63. The lowest BCUT2D eigenvalue weighted by Gasteiger charge is -2.15. The van der Waals surface area contributed by atoms with Crippen molar-refractivity contribution < 1.29 is 17.6 Å². The molecule has 2 N–H and O–H groups in total. The van der Waals surface area contributed by atoms with Crippen molar-refractivity contribution in [1.29, 1.82) is 0 Å². The van der Waals surface area contributed by atoms with Crippen LogP contribution < -0.4 is 10.0 Å². The predicted octanol–water partition coefficient (Wildman–Crippen LogP) is -0.337. The van der Waals surface area contributed by atoms with Crippen LogP contribution in [0.3, 0.4) is 0 Å². The zero-order valence-corrected chi connectivity index (χ0v) is 10.4. The summed E-state index contributed by atoms with van der Waals surface area (Å²) in [5, 5.41) is 3.44. The average Bonchev–Trinajstić information content (AvgIpc) is 2.64. The summed E-state index contributed by atoms with van der Waals surface area (Å²) in [7, 11) is -3.86. The van der Waals surface area contributed by atoms with Gasteiger partial charge in [0.2, 0.25) is 21.7 Å². The second kappa shape index (κ2) is 4.41. The number of amides is 1. The van der Waals surface area contributed by atoms with E-state index in [2.05, 4.69) is 9.97 Å². The maximum Gasteiger partial charge on any atom is 0.229 e. The van der Waals surface area contributed by atoms with Crippen LogP contribution in [0.15, 0.2) is 6.33 Å². The third-order valence-corrected chi connectivity index (χ3v) is 4.05. The molecule has 0 spiro atoms. The molecule has 1 atom stereocenters. The Morgan fingerprint density at radius 3 is 2.72 bits per heavy atom. The van der Waals surface area contributed by atoms with E-state index in [0.29, 0.717) is 0 Å². The van der Waals surface area contributed by atoms with E-state index in [0.717, 1.165) is 11.2 Å². The molecule has 1 aromatic heterocycles. The minimum Gasteiger partial charge on any atom is -0.293 e. The molecule has 1 saturated heterocycles.